The van der Waals surface area contributed by atoms with Gasteiger partial charge in [0.05, 0.1) is 7.11 Å². The van der Waals surface area contributed by atoms with Crippen molar-refractivity contribution in [3.63, 3.8) is 0 Å². The van der Waals surface area contributed by atoms with Gasteiger partial charge in [-0.2, -0.15) is 0 Å². The molecule has 0 saturated carbocycles. The van der Waals surface area contributed by atoms with E-state index in [1.807, 2.05) is 31.2 Å². The van der Waals surface area contributed by atoms with Gasteiger partial charge in [0.2, 0.25) is 9.69 Å². The van der Waals surface area contributed by atoms with Crippen LogP contribution in [-0.2, 0) is 4.74 Å². The van der Waals surface area contributed by atoms with E-state index < -0.39 is 9.96 Å². The van der Waals surface area contributed by atoms with E-state index in [9.17, 15) is 0 Å². The molecule has 0 spiro atoms. The third-order valence-electron chi connectivity index (χ3n) is 2.33. The summed E-state index contributed by atoms with van der Waals surface area (Å²) in [5, 5.41) is 2.59. The molecule has 0 radical (unpaired) electrons. The maximum Gasteiger partial charge on any atom is 0.230 e. The largest absolute Gasteiger partial charge is 0.481 e. The summed E-state index contributed by atoms with van der Waals surface area (Å²) in [6.07, 6.45) is -0.957. The fourth-order valence-corrected chi connectivity index (χ4v) is 1.80. The van der Waals surface area contributed by atoms with Crippen molar-refractivity contribution in [3.8, 4) is 0 Å². The average molecular weight is 355 g/mol. The van der Waals surface area contributed by atoms with Crippen LogP contribution in [0.25, 0.3) is 0 Å². The number of thiocarbonyl (C=S) groups is 1. The zero-order valence-corrected chi connectivity index (χ0v) is 13.9. The zero-order valence-electron chi connectivity index (χ0n) is 10.9. The van der Waals surface area contributed by atoms with E-state index >= 15 is 0 Å². The lowest BCUT2D eigenvalue weighted by Gasteiger charge is -2.22. The Balaban J connectivity index is 3.11. The minimum atomic E-state index is -1.72. The van der Waals surface area contributed by atoms with Crippen LogP contribution in [-0.4, -0.2) is 28.1 Å². The summed E-state index contributed by atoms with van der Waals surface area (Å²) < 4.78 is 3.51. The number of nitrogens with zero attached hydrogens (tertiary/aromatic N) is 1. The molecule has 0 fully saturated rings. The Morgan fingerprint density at radius 3 is 2.30 bits per heavy atom. The Morgan fingerprint density at radius 1 is 1.35 bits per heavy atom. The Bertz CT molecular complexity index is 500. The number of benzene rings is 1. The minimum absolute atomic E-state index is 0.0237. The van der Waals surface area contributed by atoms with Crippen molar-refractivity contribution in [1.29, 1.82) is 0 Å². The Hall–Kier alpha value is -0.750. The molecule has 0 amide bonds. The van der Waals surface area contributed by atoms with Gasteiger partial charge in [-0.3, -0.25) is 0 Å². The number of aliphatic imine (C=N–C) groups is 1. The van der Waals surface area contributed by atoms with Gasteiger partial charge in [0.25, 0.3) is 0 Å². The lowest BCUT2D eigenvalue weighted by Crippen LogP contribution is -2.45. The lowest BCUT2D eigenvalue weighted by atomic mass is 10.1. The molecule has 0 saturated heterocycles. The highest BCUT2D eigenvalue weighted by molar-refractivity contribution is 7.80. The van der Waals surface area contributed by atoms with Crippen molar-refractivity contribution >= 4 is 58.0 Å². The monoisotopic (exact) mass is 353 g/mol. The van der Waals surface area contributed by atoms with Gasteiger partial charge < -0.3 is 15.8 Å². The molecule has 3 N–H and O–H groups in total. The number of hydrogen-bond donors (Lipinski definition) is 2. The first-order valence-electron chi connectivity index (χ1n) is 5.55. The van der Waals surface area contributed by atoms with Crippen molar-refractivity contribution in [2.75, 3.05) is 7.11 Å². The number of nitrogens with one attached hydrogen (secondary N) is 1. The molecule has 0 heterocycles. The molecule has 1 aromatic rings. The summed E-state index contributed by atoms with van der Waals surface area (Å²) in [6, 6.07) is 7.56. The second-order valence-electron chi connectivity index (χ2n) is 3.96. The lowest BCUT2D eigenvalue weighted by molar-refractivity contribution is 0.397. The fraction of sp³-hybridized carbons (Fsp3) is 0.333. The van der Waals surface area contributed by atoms with E-state index in [2.05, 4.69) is 10.3 Å². The summed E-state index contributed by atoms with van der Waals surface area (Å²) in [4.78, 5) is 4.23. The SMILES string of the molecule is COC(=NC(NC(N)=S)C(Cl)(Cl)Cl)c1ccc(C)cc1. The normalized spacial score (nSPS) is 13.8. The van der Waals surface area contributed by atoms with Crippen LogP contribution in [0.5, 0.6) is 0 Å². The van der Waals surface area contributed by atoms with Gasteiger partial charge in [0.1, 0.15) is 0 Å². The molecular weight excluding hydrogens is 341 g/mol. The predicted molar refractivity (Wildman–Crippen MR) is 88.7 cm³/mol. The van der Waals surface area contributed by atoms with Crippen molar-refractivity contribution in [2.45, 2.75) is 16.9 Å². The molecule has 110 valence electrons. The summed E-state index contributed by atoms with van der Waals surface area (Å²) >= 11 is 22.3. The standard InChI is InChI=1S/C12H14Cl3N3OS/c1-7-3-5-8(6-4-7)9(19-2)17-10(12(13,14)15)18-11(16)20/h3-6,10H,1-2H3,(H3,16,18,20). The van der Waals surface area contributed by atoms with Gasteiger partial charge in [-0.25, -0.2) is 4.99 Å². The van der Waals surface area contributed by atoms with Gasteiger partial charge in [-0.05, 0) is 31.3 Å². The van der Waals surface area contributed by atoms with E-state index in [4.69, 9.17) is 57.5 Å². The molecule has 8 heteroatoms. The van der Waals surface area contributed by atoms with Crippen molar-refractivity contribution < 1.29 is 4.74 Å². The highest BCUT2D eigenvalue weighted by atomic mass is 35.6. The summed E-state index contributed by atoms with van der Waals surface area (Å²) in [5.41, 5.74) is 7.27. The van der Waals surface area contributed by atoms with E-state index in [0.717, 1.165) is 11.1 Å². The summed E-state index contributed by atoms with van der Waals surface area (Å²) in [6.45, 7) is 1.98. The summed E-state index contributed by atoms with van der Waals surface area (Å²) in [7, 11) is 1.48. The molecular formula is C12H14Cl3N3OS. The number of alkyl halides is 3. The first-order chi connectivity index (χ1) is 9.24. The average Bonchev–Trinajstić information content (AvgIpc) is 2.34. The van der Waals surface area contributed by atoms with E-state index in [1.54, 1.807) is 0 Å². The van der Waals surface area contributed by atoms with Crippen LogP contribution in [0, 0.1) is 6.92 Å². The number of aryl methyl sites for hydroxylation is 1. The van der Waals surface area contributed by atoms with Gasteiger partial charge in [-0.15, -0.1) is 0 Å². The molecule has 1 atom stereocenters. The third-order valence-corrected chi connectivity index (χ3v) is 3.07. The third kappa shape index (κ3) is 5.32. The second kappa shape index (κ2) is 7.31. The molecule has 0 aromatic heterocycles. The topological polar surface area (TPSA) is 59.6 Å². The molecule has 1 rings (SSSR count). The van der Waals surface area contributed by atoms with Crippen LogP contribution in [0.3, 0.4) is 0 Å². The van der Waals surface area contributed by atoms with Crippen LogP contribution in [0.15, 0.2) is 29.3 Å². The molecule has 0 aliphatic rings. The molecule has 4 nitrogen and oxygen atoms in total. The zero-order chi connectivity index (χ0) is 15.3. The Kier molecular flexibility index (Phi) is 6.33. The molecule has 1 unspecified atom stereocenters. The Morgan fingerprint density at radius 2 is 1.90 bits per heavy atom. The quantitative estimate of drug-likeness (QED) is 0.379. The van der Waals surface area contributed by atoms with Crippen molar-refractivity contribution in [2.24, 2.45) is 10.7 Å². The fourth-order valence-electron chi connectivity index (χ4n) is 1.38. The molecule has 1 aromatic carbocycles. The predicted octanol–water partition coefficient (Wildman–Crippen LogP) is 2.92. The molecule has 0 bridgehead atoms. The number of nitrogens with two attached hydrogens (primary N) is 1. The Labute approximate surface area is 138 Å². The van der Waals surface area contributed by atoms with E-state index in [0.29, 0.717) is 5.90 Å². The van der Waals surface area contributed by atoms with E-state index in [1.165, 1.54) is 7.11 Å². The molecule has 0 aliphatic carbocycles. The number of hydrogen-bond acceptors (Lipinski definition) is 3. The second-order valence-corrected chi connectivity index (χ2v) is 6.77. The first kappa shape index (κ1) is 17.3. The van der Waals surface area contributed by atoms with Crippen molar-refractivity contribution in [3.05, 3.63) is 35.4 Å². The van der Waals surface area contributed by atoms with Gasteiger partial charge >= 0.3 is 0 Å². The highest BCUT2D eigenvalue weighted by Crippen LogP contribution is 2.31. The molecule has 0 aliphatic heterocycles. The number of rotatable bonds is 3. The van der Waals surface area contributed by atoms with Gasteiger partial charge in [-0.1, -0.05) is 52.5 Å². The van der Waals surface area contributed by atoms with Gasteiger partial charge in [0.15, 0.2) is 11.3 Å². The number of methoxy groups -OCH3 is 1. The summed E-state index contributed by atoms with van der Waals surface area (Å²) in [5.74, 6) is 0.310. The van der Waals surface area contributed by atoms with Crippen molar-refractivity contribution in [1.82, 2.24) is 5.32 Å². The van der Waals surface area contributed by atoms with E-state index in [-0.39, 0.29) is 5.11 Å². The minimum Gasteiger partial charge on any atom is -0.481 e. The van der Waals surface area contributed by atoms with Crippen LogP contribution in [0.2, 0.25) is 0 Å². The highest BCUT2D eigenvalue weighted by Gasteiger charge is 2.33. The maximum atomic E-state index is 5.85. The van der Waals surface area contributed by atoms with Crippen LogP contribution in [0.1, 0.15) is 11.1 Å². The molecule has 20 heavy (non-hydrogen) atoms. The van der Waals surface area contributed by atoms with Crippen LogP contribution >= 0.6 is 47.0 Å². The maximum absolute atomic E-state index is 5.85. The van der Waals surface area contributed by atoms with Crippen LogP contribution in [0.4, 0.5) is 0 Å². The smallest absolute Gasteiger partial charge is 0.230 e. The number of ether oxygens (including phenoxy) is 1. The van der Waals surface area contributed by atoms with Gasteiger partial charge in [0, 0.05) is 5.56 Å². The van der Waals surface area contributed by atoms with Crippen LogP contribution < -0.4 is 11.1 Å². The number of halogens is 3. The first-order valence-corrected chi connectivity index (χ1v) is 7.09.